The molecule has 1 fully saturated rings. The van der Waals surface area contributed by atoms with Crippen LogP contribution in [0.3, 0.4) is 0 Å². The molecule has 0 aromatic heterocycles. The maximum Gasteiger partial charge on any atom is 0.0669 e. The number of hydrogen-bond acceptors (Lipinski definition) is 2. The van der Waals surface area contributed by atoms with E-state index in [0.717, 1.165) is 32.5 Å². The lowest BCUT2D eigenvalue weighted by Crippen LogP contribution is -2.34. The van der Waals surface area contributed by atoms with E-state index in [2.05, 4.69) is 43.0 Å². The molecule has 2 heteroatoms. The van der Waals surface area contributed by atoms with Crippen molar-refractivity contribution in [2.24, 2.45) is 5.92 Å². The van der Waals surface area contributed by atoms with Crippen LogP contribution in [0, 0.1) is 31.1 Å². The Balaban J connectivity index is 2.00. The third kappa shape index (κ3) is 3.08. The summed E-state index contributed by atoms with van der Waals surface area (Å²) in [7, 11) is 0. The second kappa shape index (κ2) is 5.33. The molecular weight excluding hydrogens is 208 g/mol. The molecule has 17 heavy (non-hydrogen) atoms. The highest BCUT2D eigenvalue weighted by molar-refractivity contribution is 5.29. The molecule has 1 aliphatic heterocycles. The number of benzene rings is 1. The van der Waals surface area contributed by atoms with Gasteiger partial charge in [-0.3, -0.25) is 4.90 Å². The van der Waals surface area contributed by atoms with Gasteiger partial charge in [-0.05, 0) is 49.9 Å². The molecule has 2 rings (SSSR count). The van der Waals surface area contributed by atoms with Crippen LogP contribution in [0.25, 0.3) is 0 Å². The van der Waals surface area contributed by atoms with Gasteiger partial charge in [0, 0.05) is 13.1 Å². The van der Waals surface area contributed by atoms with Crippen molar-refractivity contribution in [1.29, 1.82) is 5.26 Å². The Labute approximate surface area is 104 Å². The van der Waals surface area contributed by atoms with Crippen molar-refractivity contribution in [2.45, 2.75) is 33.2 Å². The fourth-order valence-electron chi connectivity index (χ4n) is 2.46. The van der Waals surface area contributed by atoms with Crippen LogP contribution in [-0.4, -0.2) is 18.0 Å². The minimum absolute atomic E-state index is 0.232. The Kier molecular flexibility index (Phi) is 3.81. The van der Waals surface area contributed by atoms with Crippen LogP contribution in [0.15, 0.2) is 18.2 Å². The monoisotopic (exact) mass is 228 g/mol. The van der Waals surface area contributed by atoms with E-state index in [1.54, 1.807) is 0 Å². The van der Waals surface area contributed by atoms with Gasteiger partial charge in [-0.15, -0.1) is 0 Å². The van der Waals surface area contributed by atoms with Crippen LogP contribution < -0.4 is 0 Å². The first kappa shape index (κ1) is 12.1. The van der Waals surface area contributed by atoms with Crippen molar-refractivity contribution in [3.8, 4) is 6.07 Å². The number of hydrogen-bond donors (Lipinski definition) is 0. The van der Waals surface area contributed by atoms with Crippen LogP contribution in [0.2, 0.25) is 0 Å². The molecular formula is C15H20N2. The Hall–Kier alpha value is -1.33. The van der Waals surface area contributed by atoms with Gasteiger partial charge in [0.15, 0.2) is 0 Å². The van der Waals surface area contributed by atoms with Gasteiger partial charge in [-0.2, -0.15) is 5.26 Å². The molecule has 1 aliphatic rings. The summed E-state index contributed by atoms with van der Waals surface area (Å²) in [5.74, 6) is 0.232. The molecule has 1 aromatic carbocycles. The van der Waals surface area contributed by atoms with E-state index in [-0.39, 0.29) is 5.92 Å². The Morgan fingerprint density at radius 3 is 2.88 bits per heavy atom. The highest BCUT2D eigenvalue weighted by Gasteiger charge is 2.19. The highest BCUT2D eigenvalue weighted by atomic mass is 15.1. The predicted molar refractivity (Wildman–Crippen MR) is 69.5 cm³/mol. The quantitative estimate of drug-likeness (QED) is 0.778. The van der Waals surface area contributed by atoms with Gasteiger partial charge >= 0.3 is 0 Å². The lowest BCUT2D eigenvalue weighted by atomic mass is 9.98. The third-order valence-electron chi connectivity index (χ3n) is 3.67. The zero-order valence-corrected chi connectivity index (χ0v) is 10.7. The summed E-state index contributed by atoms with van der Waals surface area (Å²) in [5.41, 5.74) is 4.07. The summed E-state index contributed by atoms with van der Waals surface area (Å²) in [6.45, 7) is 7.35. The van der Waals surface area contributed by atoms with Gasteiger partial charge in [0.25, 0.3) is 0 Å². The largest absolute Gasteiger partial charge is 0.298 e. The van der Waals surface area contributed by atoms with Gasteiger partial charge < -0.3 is 0 Å². The number of nitrogens with zero attached hydrogens (tertiary/aromatic N) is 2. The summed E-state index contributed by atoms with van der Waals surface area (Å²) in [6.07, 6.45) is 2.23. The molecule has 90 valence electrons. The van der Waals surface area contributed by atoms with Crippen LogP contribution in [0.4, 0.5) is 0 Å². The molecule has 0 bridgehead atoms. The maximum atomic E-state index is 8.98. The zero-order chi connectivity index (χ0) is 12.3. The fourth-order valence-corrected chi connectivity index (χ4v) is 2.46. The Morgan fingerprint density at radius 1 is 1.35 bits per heavy atom. The summed E-state index contributed by atoms with van der Waals surface area (Å²) in [4.78, 5) is 2.40. The van der Waals surface area contributed by atoms with E-state index >= 15 is 0 Å². The molecule has 0 saturated carbocycles. The minimum atomic E-state index is 0.232. The third-order valence-corrected chi connectivity index (χ3v) is 3.67. The smallest absolute Gasteiger partial charge is 0.0669 e. The average Bonchev–Trinajstić information content (AvgIpc) is 2.34. The van der Waals surface area contributed by atoms with Crippen molar-refractivity contribution in [1.82, 2.24) is 4.90 Å². The van der Waals surface area contributed by atoms with E-state index in [0.29, 0.717) is 0 Å². The fraction of sp³-hybridized carbons (Fsp3) is 0.533. The zero-order valence-electron chi connectivity index (χ0n) is 10.7. The number of aryl methyl sites for hydroxylation is 2. The molecule has 1 unspecified atom stereocenters. The standard InChI is InChI=1S/C15H20N2/c1-12-5-6-14(8-13(12)2)10-17-7-3-4-15(9-16)11-17/h5-6,8,15H,3-4,7,10-11H2,1-2H3. The molecule has 2 nitrogen and oxygen atoms in total. The number of nitriles is 1. The van der Waals surface area contributed by atoms with Crippen LogP contribution in [0.1, 0.15) is 29.5 Å². The predicted octanol–water partition coefficient (Wildman–Crippen LogP) is 3.04. The summed E-state index contributed by atoms with van der Waals surface area (Å²) < 4.78 is 0. The van der Waals surface area contributed by atoms with Crippen LogP contribution in [-0.2, 0) is 6.54 Å². The van der Waals surface area contributed by atoms with Crippen LogP contribution in [0.5, 0.6) is 0 Å². The van der Waals surface area contributed by atoms with E-state index in [4.69, 9.17) is 5.26 Å². The SMILES string of the molecule is Cc1ccc(CN2CCCC(C#N)C2)cc1C. The van der Waals surface area contributed by atoms with Gasteiger partial charge in [-0.25, -0.2) is 0 Å². The first-order valence-corrected chi connectivity index (χ1v) is 6.37. The van der Waals surface area contributed by atoms with E-state index in [9.17, 15) is 0 Å². The Morgan fingerprint density at radius 2 is 2.18 bits per heavy atom. The van der Waals surface area contributed by atoms with Crippen molar-refractivity contribution in [3.63, 3.8) is 0 Å². The first-order valence-electron chi connectivity index (χ1n) is 6.37. The van der Waals surface area contributed by atoms with Gasteiger partial charge in [0.1, 0.15) is 0 Å². The van der Waals surface area contributed by atoms with Gasteiger partial charge in [0.2, 0.25) is 0 Å². The normalized spacial score (nSPS) is 21.1. The van der Waals surface area contributed by atoms with Crippen molar-refractivity contribution < 1.29 is 0 Å². The lowest BCUT2D eigenvalue weighted by molar-refractivity contribution is 0.192. The lowest BCUT2D eigenvalue weighted by Gasteiger charge is -2.29. The molecule has 0 aliphatic carbocycles. The summed E-state index contributed by atoms with van der Waals surface area (Å²) in [5, 5.41) is 8.98. The molecule has 1 atom stereocenters. The van der Waals surface area contributed by atoms with Gasteiger partial charge in [0.05, 0.1) is 12.0 Å². The second-order valence-corrected chi connectivity index (χ2v) is 5.12. The molecule has 1 heterocycles. The molecule has 0 amide bonds. The first-order chi connectivity index (χ1) is 8.19. The highest BCUT2D eigenvalue weighted by Crippen LogP contribution is 2.19. The minimum Gasteiger partial charge on any atom is -0.298 e. The molecule has 1 saturated heterocycles. The van der Waals surface area contributed by atoms with Gasteiger partial charge in [-0.1, -0.05) is 18.2 Å². The van der Waals surface area contributed by atoms with Crippen molar-refractivity contribution in [2.75, 3.05) is 13.1 Å². The average molecular weight is 228 g/mol. The van der Waals surface area contributed by atoms with Crippen LogP contribution >= 0.6 is 0 Å². The topological polar surface area (TPSA) is 27.0 Å². The molecule has 0 N–H and O–H groups in total. The molecule has 1 aromatic rings. The summed E-state index contributed by atoms with van der Waals surface area (Å²) >= 11 is 0. The molecule has 0 radical (unpaired) electrons. The van der Waals surface area contributed by atoms with E-state index < -0.39 is 0 Å². The second-order valence-electron chi connectivity index (χ2n) is 5.12. The molecule has 0 spiro atoms. The number of likely N-dealkylation sites (tertiary alicyclic amines) is 1. The van der Waals surface area contributed by atoms with E-state index in [1.807, 2.05) is 0 Å². The summed E-state index contributed by atoms with van der Waals surface area (Å²) in [6, 6.07) is 9.07. The van der Waals surface area contributed by atoms with Crippen molar-refractivity contribution in [3.05, 3.63) is 34.9 Å². The maximum absolute atomic E-state index is 8.98. The number of rotatable bonds is 2. The van der Waals surface area contributed by atoms with Crippen molar-refractivity contribution >= 4 is 0 Å². The number of piperidine rings is 1. The van der Waals surface area contributed by atoms with E-state index in [1.165, 1.54) is 16.7 Å². The Bertz CT molecular complexity index is 431.